The molecule has 1 unspecified atom stereocenters. The molecule has 0 aromatic heterocycles. The molecule has 17 heavy (non-hydrogen) atoms. The summed E-state index contributed by atoms with van der Waals surface area (Å²) in [6.45, 7) is -0.0952. The zero-order chi connectivity index (χ0) is 12.6. The fourth-order valence-corrected chi connectivity index (χ4v) is 4.44. The molecule has 2 rings (SSSR count). The number of thioether (sulfide) groups is 1. The summed E-state index contributed by atoms with van der Waals surface area (Å²) >= 11 is 1.71. The van der Waals surface area contributed by atoms with Gasteiger partial charge in [0.05, 0.1) is 12.2 Å². The number of aliphatic hydroxyl groups is 2. The third kappa shape index (κ3) is 2.47. The van der Waals surface area contributed by atoms with Gasteiger partial charge in [-0.2, -0.15) is 11.8 Å². The van der Waals surface area contributed by atoms with Crippen molar-refractivity contribution in [3.63, 3.8) is 0 Å². The number of hydrogen-bond donors (Lipinski definition) is 2. The lowest BCUT2D eigenvalue weighted by Gasteiger charge is -2.51. The Morgan fingerprint density at radius 1 is 1.06 bits per heavy atom. The second kappa shape index (κ2) is 4.67. The molecule has 0 spiro atoms. The van der Waals surface area contributed by atoms with Crippen LogP contribution in [0, 0.1) is 5.41 Å². The Balaban J connectivity index is 2.13. The lowest BCUT2D eigenvalue weighted by molar-refractivity contribution is -0.167. The summed E-state index contributed by atoms with van der Waals surface area (Å²) in [6.07, 6.45) is 1.41. The van der Waals surface area contributed by atoms with E-state index >= 15 is 0 Å². The Bertz CT molecular complexity index is 268. The number of hydrogen-bond acceptors (Lipinski definition) is 3. The second-order valence-electron chi connectivity index (χ2n) is 5.48. The van der Waals surface area contributed by atoms with Crippen LogP contribution in [-0.2, 0) is 0 Å². The Labute approximate surface area is 105 Å². The minimum atomic E-state index is -2.63. The van der Waals surface area contributed by atoms with Crippen molar-refractivity contribution < 1.29 is 19.0 Å². The Kier molecular flexibility index (Phi) is 3.72. The van der Waals surface area contributed by atoms with Gasteiger partial charge in [0.25, 0.3) is 0 Å². The molecule has 1 aliphatic heterocycles. The highest BCUT2D eigenvalue weighted by Gasteiger charge is 2.54. The third-order valence-corrected chi connectivity index (χ3v) is 5.75. The van der Waals surface area contributed by atoms with Crippen LogP contribution in [-0.4, -0.2) is 39.8 Å². The standard InChI is InChI=1S/C12H20F2O2S/c13-12(14)5-3-11(16,4-6-12)10(8-15)2-1-7-17-9-10/h15-16H,1-9H2. The Morgan fingerprint density at radius 3 is 2.18 bits per heavy atom. The molecule has 1 saturated heterocycles. The van der Waals surface area contributed by atoms with Crippen LogP contribution >= 0.6 is 11.8 Å². The van der Waals surface area contributed by atoms with Crippen LogP contribution in [0.15, 0.2) is 0 Å². The molecule has 2 nitrogen and oxygen atoms in total. The van der Waals surface area contributed by atoms with Crippen molar-refractivity contribution >= 4 is 11.8 Å². The lowest BCUT2D eigenvalue weighted by atomic mass is 9.63. The number of alkyl halides is 2. The monoisotopic (exact) mass is 266 g/mol. The summed E-state index contributed by atoms with van der Waals surface area (Å²) < 4.78 is 26.3. The van der Waals surface area contributed by atoms with Gasteiger partial charge in [0.1, 0.15) is 0 Å². The summed E-state index contributed by atoms with van der Waals surface area (Å²) in [7, 11) is 0. The van der Waals surface area contributed by atoms with Gasteiger partial charge in [-0.15, -0.1) is 0 Å². The number of aliphatic hydroxyl groups excluding tert-OH is 1. The predicted octanol–water partition coefficient (Wildman–Crippen LogP) is 2.43. The van der Waals surface area contributed by atoms with E-state index in [0.717, 1.165) is 18.6 Å². The first-order valence-electron chi connectivity index (χ1n) is 6.22. The van der Waals surface area contributed by atoms with Crippen LogP contribution in [0.25, 0.3) is 0 Å². The zero-order valence-corrected chi connectivity index (χ0v) is 10.7. The predicted molar refractivity (Wildman–Crippen MR) is 64.4 cm³/mol. The average Bonchev–Trinajstić information content (AvgIpc) is 2.34. The molecule has 1 saturated carbocycles. The highest BCUT2D eigenvalue weighted by atomic mass is 32.2. The van der Waals surface area contributed by atoms with Crippen molar-refractivity contribution in [3.8, 4) is 0 Å². The third-order valence-electron chi connectivity index (χ3n) is 4.42. The van der Waals surface area contributed by atoms with E-state index in [1.54, 1.807) is 11.8 Å². The van der Waals surface area contributed by atoms with Crippen LogP contribution in [0.1, 0.15) is 38.5 Å². The Morgan fingerprint density at radius 2 is 1.71 bits per heavy atom. The van der Waals surface area contributed by atoms with Gasteiger partial charge in [0.2, 0.25) is 5.92 Å². The first-order valence-corrected chi connectivity index (χ1v) is 7.37. The lowest BCUT2D eigenvalue weighted by Crippen LogP contribution is -2.56. The molecule has 0 aromatic rings. The summed E-state index contributed by atoms with van der Waals surface area (Å²) in [5.41, 5.74) is -1.66. The van der Waals surface area contributed by atoms with Gasteiger partial charge in [-0.05, 0) is 31.4 Å². The highest BCUT2D eigenvalue weighted by molar-refractivity contribution is 7.99. The van der Waals surface area contributed by atoms with Crippen molar-refractivity contribution in [2.75, 3.05) is 18.1 Å². The summed E-state index contributed by atoms with van der Waals surface area (Å²) in [5, 5.41) is 20.3. The molecule has 1 aliphatic carbocycles. The van der Waals surface area contributed by atoms with Crippen molar-refractivity contribution in [2.45, 2.75) is 50.0 Å². The number of rotatable bonds is 2. The van der Waals surface area contributed by atoms with Crippen LogP contribution in [0.4, 0.5) is 8.78 Å². The first-order chi connectivity index (χ1) is 7.93. The SMILES string of the molecule is OCC1(C2(O)CCC(F)(F)CC2)CCCSC1. The first kappa shape index (κ1) is 13.6. The van der Waals surface area contributed by atoms with Crippen molar-refractivity contribution in [1.29, 1.82) is 0 Å². The highest BCUT2D eigenvalue weighted by Crippen LogP contribution is 2.51. The fraction of sp³-hybridized carbons (Fsp3) is 1.00. The van der Waals surface area contributed by atoms with E-state index in [9.17, 15) is 19.0 Å². The number of halogens is 2. The van der Waals surface area contributed by atoms with E-state index in [1.165, 1.54) is 0 Å². The largest absolute Gasteiger partial charge is 0.396 e. The minimum absolute atomic E-state index is 0.0952. The van der Waals surface area contributed by atoms with Gasteiger partial charge >= 0.3 is 0 Å². The molecule has 100 valence electrons. The smallest absolute Gasteiger partial charge is 0.248 e. The molecule has 0 aromatic carbocycles. The molecule has 2 N–H and O–H groups in total. The molecule has 1 atom stereocenters. The summed E-state index contributed by atoms with van der Waals surface area (Å²) in [5.74, 6) is -0.912. The molecule has 0 radical (unpaired) electrons. The van der Waals surface area contributed by atoms with E-state index < -0.39 is 16.9 Å². The van der Waals surface area contributed by atoms with Gasteiger partial charge in [0.15, 0.2) is 0 Å². The minimum Gasteiger partial charge on any atom is -0.396 e. The van der Waals surface area contributed by atoms with E-state index in [1.807, 2.05) is 0 Å². The Hall–Kier alpha value is 0.130. The van der Waals surface area contributed by atoms with Gasteiger partial charge in [-0.1, -0.05) is 0 Å². The van der Waals surface area contributed by atoms with E-state index in [2.05, 4.69) is 0 Å². The molecular weight excluding hydrogens is 246 g/mol. The normalized spacial score (nSPS) is 36.7. The van der Waals surface area contributed by atoms with E-state index in [0.29, 0.717) is 5.75 Å². The molecule has 0 bridgehead atoms. The molecule has 5 heteroatoms. The topological polar surface area (TPSA) is 40.5 Å². The average molecular weight is 266 g/mol. The maximum Gasteiger partial charge on any atom is 0.248 e. The molecular formula is C12H20F2O2S. The van der Waals surface area contributed by atoms with Crippen molar-refractivity contribution in [1.82, 2.24) is 0 Å². The van der Waals surface area contributed by atoms with Crippen LogP contribution in [0.3, 0.4) is 0 Å². The van der Waals surface area contributed by atoms with E-state index in [-0.39, 0.29) is 32.3 Å². The molecule has 1 heterocycles. The second-order valence-corrected chi connectivity index (χ2v) is 6.59. The quantitative estimate of drug-likeness (QED) is 0.806. The van der Waals surface area contributed by atoms with Crippen molar-refractivity contribution in [3.05, 3.63) is 0 Å². The van der Waals surface area contributed by atoms with Gasteiger partial charge < -0.3 is 10.2 Å². The molecule has 2 aliphatic rings. The zero-order valence-electron chi connectivity index (χ0n) is 9.92. The molecule has 0 amide bonds. The van der Waals surface area contributed by atoms with Gasteiger partial charge in [-0.3, -0.25) is 0 Å². The molecule has 2 fully saturated rings. The maximum atomic E-state index is 13.2. The fourth-order valence-electron chi connectivity index (χ4n) is 3.05. The van der Waals surface area contributed by atoms with E-state index in [4.69, 9.17) is 0 Å². The van der Waals surface area contributed by atoms with Gasteiger partial charge in [0, 0.05) is 24.0 Å². The van der Waals surface area contributed by atoms with Gasteiger partial charge in [-0.25, -0.2) is 8.78 Å². The maximum absolute atomic E-state index is 13.2. The summed E-state index contributed by atoms with van der Waals surface area (Å²) in [4.78, 5) is 0. The summed E-state index contributed by atoms with van der Waals surface area (Å²) in [6, 6.07) is 0. The van der Waals surface area contributed by atoms with Crippen LogP contribution < -0.4 is 0 Å². The van der Waals surface area contributed by atoms with Crippen molar-refractivity contribution in [2.24, 2.45) is 5.41 Å². The van der Waals surface area contributed by atoms with Crippen LogP contribution in [0.5, 0.6) is 0 Å². The van der Waals surface area contributed by atoms with Crippen LogP contribution in [0.2, 0.25) is 0 Å².